The van der Waals surface area contributed by atoms with Gasteiger partial charge >= 0.3 is 5.97 Å². The molecule has 82 valence electrons. The highest BCUT2D eigenvalue weighted by atomic mass is 35.5. The predicted octanol–water partition coefficient (Wildman–Crippen LogP) is 2.33. The van der Waals surface area contributed by atoms with E-state index >= 15 is 0 Å². The number of carboxylic acid groups (broad SMARTS) is 1. The maximum Gasteiger partial charge on any atom is 0.307 e. The summed E-state index contributed by atoms with van der Waals surface area (Å²) >= 11 is 11.5. The zero-order valence-corrected chi connectivity index (χ0v) is 9.48. The number of carbonyl (C=O) groups is 1. The SMILES string of the molecule is Nc1cc(Cl)c(CCCl)cc1CC(=O)O. The van der Waals surface area contributed by atoms with Crippen LogP contribution in [0.5, 0.6) is 0 Å². The zero-order valence-electron chi connectivity index (χ0n) is 7.96. The Kier molecular flexibility index (Phi) is 4.24. The molecule has 0 aliphatic rings. The number of nitrogens with two attached hydrogens (primary N) is 1. The zero-order chi connectivity index (χ0) is 11.4. The van der Waals surface area contributed by atoms with Crippen LogP contribution in [-0.4, -0.2) is 17.0 Å². The Morgan fingerprint density at radius 2 is 2.07 bits per heavy atom. The Morgan fingerprint density at radius 3 is 2.60 bits per heavy atom. The molecule has 0 fully saturated rings. The van der Waals surface area contributed by atoms with Crippen molar-refractivity contribution >= 4 is 34.9 Å². The lowest BCUT2D eigenvalue weighted by Gasteiger charge is -2.08. The third-order valence-corrected chi connectivity index (χ3v) is 2.55. The summed E-state index contributed by atoms with van der Waals surface area (Å²) in [6.45, 7) is 0. The van der Waals surface area contributed by atoms with E-state index in [4.69, 9.17) is 34.0 Å². The van der Waals surface area contributed by atoms with Crippen LogP contribution >= 0.6 is 23.2 Å². The number of aliphatic carboxylic acids is 1. The highest BCUT2D eigenvalue weighted by molar-refractivity contribution is 6.31. The van der Waals surface area contributed by atoms with E-state index in [0.717, 1.165) is 5.56 Å². The van der Waals surface area contributed by atoms with Gasteiger partial charge in [-0.15, -0.1) is 11.6 Å². The van der Waals surface area contributed by atoms with Gasteiger partial charge in [0.2, 0.25) is 0 Å². The van der Waals surface area contributed by atoms with Gasteiger partial charge in [-0.2, -0.15) is 0 Å². The normalized spacial score (nSPS) is 10.3. The number of hydrogen-bond acceptors (Lipinski definition) is 2. The van der Waals surface area contributed by atoms with Crippen LogP contribution in [0.3, 0.4) is 0 Å². The summed E-state index contributed by atoms with van der Waals surface area (Å²) in [6.07, 6.45) is 0.506. The molecule has 3 nitrogen and oxygen atoms in total. The molecule has 0 amide bonds. The van der Waals surface area contributed by atoms with E-state index in [-0.39, 0.29) is 6.42 Å². The molecule has 0 unspecified atom stereocenters. The van der Waals surface area contributed by atoms with Crippen molar-refractivity contribution in [3.05, 3.63) is 28.3 Å². The largest absolute Gasteiger partial charge is 0.481 e. The Hall–Kier alpha value is -0.930. The van der Waals surface area contributed by atoms with Crippen LogP contribution in [0.2, 0.25) is 5.02 Å². The molecule has 1 aromatic carbocycles. The fraction of sp³-hybridized carbons (Fsp3) is 0.300. The summed E-state index contributed by atoms with van der Waals surface area (Å²) in [5.74, 6) is -0.475. The molecule has 1 aromatic rings. The van der Waals surface area contributed by atoms with Gasteiger partial charge < -0.3 is 10.8 Å². The molecule has 0 heterocycles. The van der Waals surface area contributed by atoms with Crippen molar-refractivity contribution in [1.29, 1.82) is 0 Å². The van der Waals surface area contributed by atoms with Gasteiger partial charge in [0.1, 0.15) is 0 Å². The number of carboxylic acids is 1. The number of rotatable bonds is 4. The Bertz CT molecular complexity index is 380. The van der Waals surface area contributed by atoms with E-state index in [1.165, 1.54) is 0 Å². The molecule has 0 bridgehead atoms. The first-order valence-electron chi connectivity index (χ1n) is 4.39. The van der Waals surface area contributed by atoms with E-state index in [0.29, 0.717) is 28.6 Å². The Labute approximate surface area is 97.8 Å². The minimum Gasteiger partial charge on any atom is -0.481 e. The van der Waals surface area contributed by atoms with E-state index < -0.39 is 5.97 Å². The van der Waals surface area contributed by atoms with Crippen molar-refractivity contribution in [1.82, 2.24) is 0 Å². The number of nitrogen functional groups attached to an aromatic ring is 1. The molecule has 0 aliphatic carbocycles. The molecule has 0 atom stereocenters. The Balaban J connectivity index is 3.05. The number of benzene rings is 1. The van der Waals surface area contributed by atoms with E-state index in [1.807, 2.05) is 0 Å². The van der Waals surface area contributed by atoms with Crippen molar-refractivity contribution in [2.45, 2.75) is 12.8 Å². The molecule has 0 aliphatic heterocycles. The first kappa shape index (κ1) is 12.1. The summed E-state index contributed by atoms with van der Waals surface area (Å²) in [7, 11) is 0. The molecule has 0 saturated carbocycles. The van der Waals surface area contributed by atoms with Gasteiger partial charge in [0.15, 0.2) is 0 Å². The minimum absolute atomic E-state index is 0.0989. The number of halogens is 2. The maximum atomic E-state index is 10.6. The van der Waals surface area contributed by atoms with Gasteiger partial charge in [-0.1, -0.05) is 17.7 Å². The van der Waals surface area contributed by atoms with Crippen molar-refractivity contribution in [3.63, 3.8) is 0 Å². The maximum absolute atomic E-state index is 10.6. The number of anilines is 1. The quantitative estimate of drug-likeness (QED) is 0.634. The lowest BCUT2D eigenvalue weighted by molar-refractivity contribution is -0.136. The first-order chi connectivity index (χ1) is 7.04. The monoisotopic (exact) mass is 247 g/mol. The van der Waals surface area contributed by atoms with Crippen molar-refractivity contribution in [3.8, 4) is 0 Å². The molecule has 0 radical (unpaired) electrons. The van der Waals surface area contributed by atoms with Crippen LogP contribution < -0.4 is 5.73 Å². The number of alkyl halides is 1. The molecule has 1 rings (SSSR count). The molecule has 15 heavy (non-hydrogen) atoms. The molecular formula is C10H11Cl2NO2. The molecule has 3 N–H and O–H groups in total. The van der Waals surface area contributed by atoms with E-state index in [2.05, 4.69) is 0 Å². The lowest BCUT2D eigenvalue weighted by atomic mass is 10.0. The van der Waals surface area contributed by atoms with Crippen molar-refractivity contribution in [2.75, 3.05) is 11.6 Å². The van der Waals surface area contributed by atoms with Gasteiger partial charge in [0.05, 0.1) is 6.42 Å². The second-order valence-electron chi connectivity index (χ2n) is 3.15. The summed E-state index contributed by atoms with van der Waals surface area (Å²) in [5.41, 5.74) is 7.46. The predicted molar refractivity (Wildman–Crippen MR) is 61.6 cm³/mol. The third kappa shape index (κ3) is 3.29. The number of aryl methyl sites for hydroxylation is 1. The Morgan fingerprint density at radius 1 is 1.40 bits per heavy atom. The molecule has 0 aromatic heterocycles. The number of hydrogen-bond donors (Lipinski definition) is 2. The van der Waals surface area contributed by atoms with Crippen LogP contribution in [0, 0.1) is 0 Å². The molecular weight excluding hydrogens is 237 g/mol. The summed E-state index contributed by atoms with van der Waals surface area (Å²) in [5, 5.41) is 9.20. The third-order valence-electron chi connectivity index (χ3n) is 2.01. The second-order valence-corrected chi connectivity index (χ2v) is 3.94. The van der Waals surface area contributed by atoms with E-state index in [1.54, 1.807) is 12.1 Å². The topological polar surface area (TPSA) is 63.3 Å². The van der Waals surface area contributed by atoms with E-state index in [9.17, 15) is 4.79 Å². The summed E-state index contributed by atoms with van der Waals surface area (Å²) in [4.78, 5) is 10.6. The standard InChI is InChI=1S/C10H11Cl2NO2/c11-2-1-6-3-7(4-10(14)15)9(13)5-8(6)12/h3,5H,1-2,4,13H2,(H,14,15). The van der Waals surface area contributed by atoms with Crippen molar-refractivity contribution in [2.24, 2.45) is 0 Å². The smallest absolute Gasteiger partial charge is 0.307 e. The average molecular weight is 248 g/mol. The van der Waals surface area contributed by atoms with Gasteiger partial charge in [0, 0.05) is 16.6 Å². The van der Waals surface area contributed by atoms with Crippen LogP contribution in [-0.2, 0) is 17.6 Å². The van der Waals surface area contributed by atoms with Gasteiger partial charge in [-0.3, -0.25) is 4.79 Å². The van der Waals surface area contributed by atoms with Crippen LogP contribution in [0.1, 0.15) is 11.1 Å². The molecule has 0 saturated heterocycles. The van der Waals surface area contributed by atoms with Crippen LogP contribution in [0.4, 0.5) is 5.69 Å². The highest BCUT2D eigenvalue weighted by Crippen LogP contribution is 2.24. The average Bonchev–Trinajstić information content (AvgIpc) is 2.12. The highest BCUT2D eigenvalue weighted by Gasteiger charge is 2.09. The van der Waals surface area contributed by atoms with Gasteiger partial charge in [0.25, 0.3) is 0 Å². The van der Waals surface area contributed by atoms with Gasteiger partial charge in [-0.05, 0) is 23.6 Å². The molecule has 5 heteroatoms. The summed E-state index contributed by atoms with van der Waals surface area (Å²) < 4.78 is 0. The van der Waals surface area contributed by atoms with Crippen LogP contribution in [0.15, 0.2) is 12.1 Å². The lowest BCUT2D eigenvalue weighted by Crippen LogP contribution is -2.05. The second kappa shape index (κ2) is 5.24. The minimum atomic E-state index is -0.916. The first-order valence-corrected chi connectivity index (χ1v) is 5.30. The fourth-order valence-electron chi connectivity index (χ4n) is 1.29. The van der Waals surface area contributed by atoms with Gasteiger partial charge in [-0.25, -0.2) is 0 Å². The summed E-state index contributed by atoms with van der Waals surface area (Å²) in [6, 6.07) is 3.27. The van der Waals surface area contributed by atoms with Crippen LogP contribution in [0.25, 0.3) is 0 Å². The fourth-order valence-corrected chi connectivity index (χ4v) is 1.76. The molecule has 0 spiro atoms. The van der Waals surface area contributed by atoms with Crippen molar-refractivity contribution < 1.29 is 9.90 Å².